The summed E-state index contributed by atoms with van der Waals surface area (Å²) in [7, 11) is -2.12. The van der Waals surface area contributed by atoms with Crippen molar-refractivity contribution in [2.45, 2.75) is 57.8 Å². The number of pyridine rings is 1. The van der Waals surface area contributed by atoms with Crippen LogP contribution in [-0.2, 0) is 24.1 Å². The Balaban J connectivity index is 1.62. The number of aryl methyl sites for hydroxylation is 1. The molecule has 0 aliphatic carbocycles. The van der Waals surface area contributed by atoms with E-state index in [1.54, 1.807) is 38.8 Å². The first-order valence-corrected chi connectivity index (χ1v) is 13.2. The summed E-state index contributed by atoms with van der Waals surface area (Å²) in [5.74, 6) is 0.863. The molecule has 0 N–H and O–H groups in total. The molecule has 0 spiro atoms. The number of piperidine rings is 1. The molecule has 36 heavy (non-hydrogen) atoms. The summed E-state index contributed by atoms with van der Waals surface area (Å²) < 4.78 is 46.6. The van der Waals surface area contributed by atoms with Gasteiger partial charge in [-0.2, -0.15) is 0 Å². The van der Waals surface area contributed by atoms with Gasteiger partial charge in [-0.15, -0.1) is 5.06 Å². The van der Waals surface area contributed by atoms with Crippen molar-refractivity contribution in [3.8, 4) is 17.5 Å². The van der Waals surface area contributed by atoms with E-state index in [1.165, 1.54) is 19.5 Å². The standard InChI is InChI=1S/C23H32N4O8S/c1-15(2)32-23(28)35-27-10-8-18(9-11-27)33-21-16(3)22(25-14-24-21)34-19-6-7-20(26-17(19)4)36(29,30)13-12-31-5/h6-7,14-15,18H,8-13H2,1-5H3. The number of methoxy groups -OCH3 is 1. The van der Waals surface area contributed by atoms with Crippen LogP contribution in [0.3, 0.4) is 0 Å². The van der Waals surface area contributed by atoms with E-state index >= 15 is 0 Å². The van der Waals surface area contributed by atoms with E-state index in [2.05, 4.69) is 15.0 Å². The molecule has 0 bridgehead atoms. The van der Waals surface area contributed by atoms with Gasteiger partial charge in [-0.25, -0.2) is 28.2 Å². The van der Waals surface area contributed by atoms with Gasteiger partial charge in [0.05, 0.1) is 29.7 Å². The minimum Gasteiger partial charge on any atom is -0.474 e. The van der Waals surface area contributed by atoms with E-state index in [0.29, 0.717) is 48.8 Å². The number of carbonyl (C=O) groups is 1. The molecule has 198 valence electrons. The maximum absolute atomic E-state index is 12.4. The van der Waals surface area contributed by atoms with Crippen molar-refractivity contribution in [2.24, 2.45) is 0 Å². The summed E-state index contributed by atoms with van der Waals surface area (Å²) in [6, 6.07) is 2.94. The first kappa shape index (κ1) is 27.6. The summed E-state index contributed by atoms with van der Waals surface area (Å²) in [6.07, 6.45) is 1.48. The van der Waals surface area contributed by atoms with Gasteiger partial charge in [0.2, 0.25) is 11.8 Å². The van der Waals surface area contributed by atoms with Crippen LogP contribution in [0.1, 0.15) is 37.9 Å². The molecule has 1 aliphatic rings. The van der Waals surface area contributed by atoms with Gasteiger partial charge in [0.15, 0.2) is 20.6 Å². The molecule has 0 atom stereocenters. The van der Waals surface area contributed by atoms with Gasteiger partial charge >= 0.3 is 6.16 Å². The Morgan fingerprint density at radius 1 is 1.14 bits per heavy atom. The molecule has 3 heterocycles. The average molecular weight is 525 g/mol. The summed E-state index contributed by atoms with van der Waals surface area (Å²) in [6.45, 7) is 8.02. The fraction of sp³-hybridized carbons (Fsp3) is 0.565. The average Bonchev–Trinajstić information content (AvgIpc) is 2.82. The zero-order chi connectivity index (χ0) is 26.3. The molecule has 0 radical (unpaired) electrons. The van der Waals surface area contributed by atoms with Crippen molar-refractivity contribution in [1.29, 1.82) is 0 Å². The maximum Gasteiger partial charge on any atom is 0.528 e. The second-order valence-electron chi connectivity index (χ2n) is 8.51. The molecule has 2 aromatic rings. The molecule has 3 rings (SSSR count). The summed E-state index contributed by atoms with van der Waals surface area (Å²) in [4.78, 5) is 29.5. The second-order valence-corrected chi connectivity index (χ2v) is 10.6. The molecular weight excluding hydrogens is 492 g/mol. The molecule has 1 aliphatic heterocycles. The van der Waals surface area contributed by atoms with Gasteiger partial charge < -0.3 is 23.8 Å². The molecule has 0 aromatic carbocycles. The molecule has 0 amide bonds. The Kier molecular flexibility index (Phi) is 9.40. The first-order valence-electron chi connectivity index (χ1n) is 11.6. The number of nitrogens with zero attached hydrogens (tertiary/aromatic N) is 4. The minimum atomic E-state index is -3.56. The number of carbonyl (C=O) groups excluding carboxylic acids is 1. The van der Waals surface area contributed by atoms with Crippen molar-refractivity contribution in [3.05, 3.63) is 29.7 Å². The zero-order valence-corrected chi connectivity index (χ0v) is 21.9. The normalized spacial score (nSPS) is 15.1. The third-order valence-electron chi connectivity index (χ3n) is 5.30. The highest BCUT2D eigenvalue weighted by Gasteiger charge is 2.26. The largest absolute Gasteiger partial charge is 0.528 e. The predicted octanol–water partition coefficient (Wildman–Crippen LogP) is 3.02. The zero-order valence-electron chi connectivity index (χ0n) is 21.1. The molecule has 2 aromatic heterocycles. The van der Waals surface area contributed by atoms with Crippen LogP contribution in [0.4, 0.5) is 4.79 Å². The number of hydrogen-bond donors (Lipinski definition) is 0. The lowest BCUT2D eigenvalue weighted by Crippen LogP contribution is -2.40. The highest BCUT2D eigenvalue weighted by atomic mass is 32.2. The molecule has 12 nitrogen and oxygen atoms in total. The van der Waals surface area contributed by atoms with E-state index in [1.807, 2.05) is 0 Å². The van der Waals surface area contributed by atoms with Crippen LogP contribution in [0, 0.1) is 13.8 Å². The van der Waals surface area contributed by atoms with E-state index in [0.717, 1.165) is 0 Å². The van der Waals surface area contributed by atoms with Gasteiger partial charge in [0.1, 0.15) is 12.4 Å². The van der Waals surface area contributed by atoms with Crippen LogP contribution in [0.15, 0.2) is 23.5 Å². The smallest absolute Gasteiger partial charge is 0.474 e. The summed E-state index contributed by atoms with van der Waals surface area (Å²) in [5, 5.41) is 1.52. The predicted molar refractivity (Wildman–Crippen MR) is 128 cm³/mol. The highest BCUT2D eigenvalue weighted by Crippen LogP contribution is 2.30. The summed E-state index contributed by atoms with van der Waals surface area (Å²) in [5.41, 5.74) is 0.991. The van der Waals surface area contributed by atoms with E-state index in [-0.39, 0.29) is 35.5 Å². The number of hydrogen-bond acceptors (Lipinski definition) is 12. The van der Waals surface area contributed by atoms with Crippen LogP contribution < -0.4 is 9.47 Å². The second kappa shape index (κ2) is 12.3. The Morgan fingerprint density at radius 2 is 1.83 bits per heavy atom. The van der Waals surface area contributed by atoms with Crippen LogP contribution in [0.25, 0.3) is 0 Å². The Bertz CT molecular complexity index is 1150. The number of hydroxylamine groups is 2. The fourth-order valence-electron chi connectivity index (χ4n) is 3.37. The van der Waals surface area contributed by atoms with Crippen LogP contribution in [0.5, 0.6) is 17.5 Å². The van der Waals surface area contributed by atoms with Gasteiger partial charge in [0.25, 0.3) is 0 Å². The van der Waals surface area contributed by atoms with E-state index < -0.39 is 16.0 Å². The van der Waals surface area contributed by atoms with Gasteiger partial charge in [-0.05, 0) is 39.8 Å². The SMILES string of the molecule is COCCS(=O)(=O)c1ccc(Oc2ncnc(OC3CCN(OC(=O)OC(C)C)CC3)c2C)c(C)n1. The lowest BCUT2D eigenvalue weighted by Gasteiger charge is -2.30. The van der Waals surface area contributed by atoms with Crippen LogP contribution in [0.2, 0.25) is 0 Å². The maximum atomic E-state index is 12.4. The Hall–Kier alpha value is -3.03. The molecule has 0 unspecified atom stereocenters. The van der Waals surface area contributed by atoms with Crippen LogP contribution >= 0.6 is 0 Å². The van der Waals surface area contributed by atoms with Gasteiger partial charge in [0, 0.05) is 33.0 Å². The van der Waals surface area contributed by atoms with Gasteiger partial charge in [-0.3, -0.25) is 0 Å². The monoisotopic (exact) mass is 524 g/mol. The van der Waals surface area contributed by atoms with Crippen molar-refractivity contribution < 1.29 is 37.0 Å². The third kappa shape index (κ3) is 7.48. The van der Waals surface area contributed by atoms with Crippen molar-refractivity contribution in [2.75, 3.05) is 32.6 Å². The molecular formula is C23H32N4O8S. The summed E-state index contributed by atoms with van der Waals surface area (Å²) >= 11 is 0. The molecule has 1 saturated heterocycles. The van der Waals surface area contributed by atoms with Crippen molar-refractivity contribution >= 4 is 16.0 Å². The number of rotatable bonds is 10. The van der Waals surface area contributed by atoms with Crippen molar-refractivity contribution in [1.82, 2.24) is 20.0 Å². The number of sulfone groups is 1. The Labute approximate surface area is 210 Å². The number of aromatic nitrogens is 3. The quantitative estimate of drug-likeness (QED) is 0.422. The molecule has 1 fully saturated rings. The van der Waals surface area contributed by atoms with Crippen molar-refractivity contribution in [3.63, 3.8) is 0 Å². The highest BCUT2D eigenvalue weighted by molar-refractivity contribution is 7.91. The minimum absolute atomic E-state index is 0.0411. The van der Waals surface area contributed by atoms with Gasteiger partial charge in [-0.1, -0.05) is 0 Å². The lowest BCUT2D eigenvalue weighted by atomic mass is 10.1. The fourth-order valence-corrected chi connectivity index (χ4v) is 4.51. The molecule has 13 heteroatoms. The third-order valence-corrected chi connectivity index (χ3v) is 6.87. The topological polar surface area (TPSA) is 139 Å². The van der Waals surface area contributed by atoms with E-state index in [9.17, 15) is 13.2 Å². The number of ether oxygens (including phenoxy) is 4. The lowest BCUT2D eigenvalue weighted by molar-refractivity contribution is -0.151. The molecule has 0 saturated carbocycles. The Morgan fingerprint density at radius 3 is 2.47 bits per heavy atom. The van der Waals surface area contributed by atoms with Crippen LogP contribution in [-0.4, -0.2) is 79.4 Å². The van der Waals surface area contributed by atoms with E-state index in [4.69, 9.17) is 23.8 Å². The first-order chi connectivity index (χ1) is 17.1.